The topological polar surface area (TPSA) is 95.7 Å². The Morgan fingerprint density at radius 2 is 1.82 bits per heavy atom. The number of aryl methyl sites for hydroxylation is 1. The Morgan fingerprint density at radius 3 is 2.46 bits per heavy atom. The highest BCUT2D eigenvalue weighted by Crippen LogP contribution is 2.27. The van der Waals surface area contributed by atoms with Crippen LogP contribution in [-0.4, -0.2) is 41.4 Å². The summed E-state index contributed by atoms with van der Waals surface area (Å²) in [7, 11) is 3.03. The zero-order valence-electron chi connectivity index (χ0n) is 15.9. The molecule has 9 nitrogen and oxygen atoms in total. The average molecular weight is 383 g/mol. The van der Waals surface area contributed by atoms with Gasteiger partial charge in [-0.15, -0.1) is 0 Å². The van der Waals surface area contributed by atoms with Gasteiger partial charge in [0, 0.05) is 32.4 Å². The molecule has 0 fully saturated rings. The number of aromatic nitrogens is 5. The fourth-order valence-corrected chi connectivity index (χ4v) is 3.45. The van der Waals surface area contributed by atoms with Gasteiger partial charge in [-0.25, -0.2) is 4.79 Å². The molecule has 1 aromatic carbocycles. The number of rotatable bonds is 5. The predicted octanol–water partition coefficient (Wildman–Crippen LogP) is 0.744. The van der Waals surface area contributed by atoms with E-state index in [9.17, 15) is 14.7 Å². The normalized spacial score (nSPS) is 11.6. The minimum atomic E-state index is -0.432. The molecule has 0 unspecified atom stereocenters. The van der Waals surface area contributed by atoms with Gasteiger partial charge in [0.05, 0.1) is 18.9 Å². The summed E-state index contributed by atoms with van der Waals surface area (Å²) in [5, 5.41) is 9.56. The van der Waals surface area contributed by atoms with Crippen molar-refractivity contribution in [3.63, 3.8) is 0 Å². The summed E-state index contributed by atoms with van der Waals surface area (Å²) in [6.45, 7) is 2.72. The van der Waals surface area contributed by atoms with Crippen LogP contribution in [0.4, 0.5) is 0 Å². The smallest absolute Gasteiger partial charge is 0.332 e. The Morgan fingerprint density at radius 1 is 1.11 bits per heavy atom. The molecule has 0 aliphatic heterocycles. The molecule has 0 atom stereocenters. The van der Waals surface area contributed by atoms with E-state index in [-0.39, 0.29) is 6.61 Å². The molecule has 0 radical (unpaired) electrons. The van der Waals surface area contributed by atoms with Gasteiger partial charge in [0.1, 0.15) is 5.75 Å². The molecule has 0 bridgehead atoms. The summed E-state index contributed by atoms with van der Waals surface area (Å²) in [5.41, 5.74) is 1.50. The summed E-state index contributed by atoms with van der Waals surface area (Å²) >= 11 is 0. The number of aliphatic hydroxyl groups excluding tert-OH is 1. The first-order chi connectivity index (χ1) is 13.5. The van der Waals surface area contributed by atoms with Crippen molar-refractivity contribution in [3.8, 4) is 17.0 Å². The van der Waals surface area contributed by atoms with Crippen LogP contribution in [0.1, 0.15) is 6.92 Å². The third-order valence-electron chi connectivity index (χ3n) is 4.84. The third kappa shape index (κ3) is 2.55. The lowest BCUT2D eigenvalue weighted by molar-refractivity contribution is 0.278. The van der Waals surface area contributed by atoms with E-state index < -0.39 is 11.2 Å². The fourth-order valence-electron chi connectivity index (χ4n) is 3.45. The maximum atomic E-state index is 12.7. The second-order valence-electron chi connectivity index (χ2n) is 6.51. The van der Waals surface area contributed by atoms with Crippen molar-refractivity contribution in [1.29, 1.82) is 0 Å². The molecule has 0 aliphatic carbocycles. The molecular weight excluding hydrogens is 362 g/mol. The number of hydrogen-bond donors (Lipinski definition) is 1. The first-order valence-corrected chi connectivity index (χ1v) is 8.99. The summed E-state index contributed by atoms with van der Waals surface area (Å²) < 4.78 is 11.4. The molecule has 3 aromatic heterocycles. The Labute approximate surface area is 159 Å². The van der Waals surface area contributed by atoms with Crippen LogP contribution in [0, 0.1) is 0 Å². The quantitative estimate of drug-likeness (QED) is 0.549. The van der Waals surface area contributed by atoms with Gasteiger partial charge in [-0.2, -0.15) is 4.98 Å². The van der Waals surface area contributed by atoms with Crippen LogP contribution in [0.5, 0.6) is 5.75 Å². The van der Waals surface area contributed by atoms with Crippen molar-refractivity contribution < 1.29 is 9.84 Å². The molecule has 28 heavy (non-hydrogen) atoms. The third-order valence-corrected chi connectivity index (χ3v) is 4.84. The van der Waals surface area contributed by atoms with Gasteiger partial charge in [-0.05, 0) is 31.2 Å². The minimum absolute atomic E-state index is 0.0888. The number of nitrogens with zero attached hydrogens (tertiary/aromatic N) is 5. The highest BCUT2D eigenvalue weighted by atomic mass is 16.5. The fraction of sp³-hybridized carbons (Fsp3) is 0.316. The van der Waals surface area contributed by atoms with E-state index in [1.807, 2.05) is 42.0 Å². The van der Waals surface area contributed by atoms with Crippen LogP contribution >= 0.6 is 0 Å². The molecule has 3 heterocycles. The number of benzene rings is 1. The molecule has 0 aliphatic rings. The number of hydrogen-bond acceptors (Lipinski definition) is 5. The van der Waals surface area contributed by atoms with Crippen LogP contribution in [0.25, 0.3) is 28.2 Å². The Bertz CT molecular complexity index is 1290. The first kappa shape index (κ1) is 18.1. The Kier molecular flexibility index (Phi) is 4.31. The zero-order chi connectivity index (χ0) is 20.0. The number of imidazole rings is 2. The summed E-state index contributed by atoms with van der Waals surface area (Å²) in [6, 6.07) is 7.59. The molecule has 0 saturated carbocycles. The maximum absolute atomic E-state index is 12.7. The van der Waals surface area contributed by atoms with Crippen LogP contribution in [0.3, 0.4) is 0 Å². The molecule has 0 spiro atoms. The highest BCUT2D eigenvalue weighted by molar-refractivity contribution is 5.78. The zero-order valence-corrected chi connectivity index (χ0v) is 15.9. The van der Waals surface area contributed by atoms with Crippen molar-refractivity contribution in [2.24, 2.45) is 14.1 Å². The van der Waals surface area contributed by atoms with Crippen LogP contribution in [0.2, 0.25) is 0 Å². The highest BCUT2D eigenvalue weighted by Gasteiger charge is 2.20. The van der Waals surface area contributed by atoms with Crippen molar-refractivity contribution in [2.75, 3.05) is 13.2 Å². The molecule has 4 aromatic rings. The second-order valence-corrected chi connectivity index (χ2v) is 6.51. The average Bonchev–Trinajstić information content (AvgIpc) is 3.23. The van der Waals surface area contributed by atoms with Gasteiger partial charge in [0.15, 0.2) is 11.2 Å². The molecule has 9 heteroatoms. The van der Waals surface area contributed by atoms with Crippen LogP contribution in [0.15, 0.2) is 40.1 Å². The van der Waals surface area contributed by atoms with Gasteiger partial charge in [0.25, 0.3) is 5.56 Å². The van der Waals surface area contributed by atoms with Crippen LogP contribution in [-0.2, 0) is 20.6 Å². The van der Waals surface area contributed by atoms with E-state index in [4.69, 9.17) is 4.74 Å². The molecule has 4 rings (SSSR count). The summed E-state index contributed by atoms with van der Waals surface area (Å²) in [4.78, 5) is 29.5. The van der Waals surface area contributed by atoms with E-state index in [0.717, 1.165) is 21.6 Å². The largest absolute Gasteiger partial charge is 0.494 e. The van der Waals surface area contributed by atoms with Crippen LogP contribution < -0.4 is 16.0 Å². The molecular formula is C19H21N5O4. The van der Waals surface area contributed by atoms with E-state index in [1.54, 1.807) is 11.4 Å². The summed E-state index contributed by atoms with van der Waals surface area (Å²) in [5.74, 6) is 1.26. The number of aliphatic hydroxyl groups is 1. The second kappa shape index (κ2) is 6.68. The minimum Gasteiger partial charge on any atom is -0.494 e. The lowest BCUT2D eigenvalue weighted by Gasteiger charge is -2.08. The summed E-state index contributed by atoms with van der Waals surface area (Å²) in [6.07, 6.45) is 1.81. The maximum Gasteiger partial charge on any atom is 0.332 e. The molecule has 146 valence electrons. The Hall–Kier alpha value is -3.33. The monoisotopic (exact) mass is 383 g/mol. The van der Waals surface area contributed by atoms with Gasteiger partial charge < -0.3 is 14.4 Å². The van der Waals surface area contributed by atoms with E-state index in [2.05, 4.69) is 4.98 Å². The van der Waals surface area contributed by atoms with E-state index in [1.165, 1.54) is 11.6 Å². The van der Waals surface area contributed by atoms with Gasteiger partial charge in [-0.3, -0.25) is 18.3 Å². The SMILES string of the molecule is CCOc1ccc(-c2cn3c4c(=O)n(C)c(=O)n(C)c4nc3n2CCO)cc1. The first-order valence-electron chi connectivity index (χ1n) is 8.99. The number of ether oxygens (including phenoxy) is 1. The van der Waals surface area contributed by atoms with Crippen molar-refractivity contribution in [1.82, 2.24) is 23.1 Å². The van der Waals surface area contributed by atoms with Gasteiger partial charge in [-0.1, -0.05) is 0 Å². The van der Waals surface area contributed by atoms with Crippen molar-refractivity contribution in [3.05, 3.63) is 51.3 Å². The van der Waals surface area contributed by atoms with E-state index >= 15 is 0 Å². The molecule has 1 N–H and O–H groups in total. The van der Waals surface area contributed by atoms with Gasteiger partial charge in [0.2, 0.25) is 5.78 Å². The lowest BCUT2D eigenvalue weighted by atomic mass is 10.1. The van der Waals surface area contributed by atoms with E-state index in [0.29, 0.717) is 30.1 Å². The lowest BCUT2D eigenvalue weighted by Crippen LogP contribution is -2.37. The predicted molar refractivity (Wildman–Crippen MR) is 105 cm³/mol. The van der Waals surface area contributed by atoms with Gasteiger partial charge >= 0.3 is 5.69 Å². The van der Waals surface area contributed by atoms with Crippen molar-refractivity contribution >= 4 is 16.9 Å². The molecule has 0 amide bonds. The van der Waals surface area contributed by atoms with Crippen molar-refractivity contribution in [2.45, 2.75) is 13.5 Å². The molecule has 0 saturated heterocycles. The standard InChI is InChI=1S/C19H21N5O4/c1-4-28-13-7-5-12(6-8-13)14-11-24-15-16(20-18(24)23(14)9-10-25)21(2)19(27)22(3)17(15)26/h5-8,11,25H,4,9-10H2,1-3H3. The number of fused-ring (bicyclic) bond motifs is 3. The Balaban J connectivity index is 2.01.